The minimum absolute atomic E-state index is 0.0589. The molecule has 32 heavy (non-hydrogen) atoms. The second-order valence-corrected chi connectivity index (χ2v) is 6.86. The second kappa shape index (κ2) is 7.99. The van der Waals surface area contributed by atoms with Gasteiger partial charge in [0.1, 0.15) is 5.76 Å². The molecule has 0 saturated carbocycles. The zero-order valence-corrected chi connectivity index (χ0v) is 16.1. The molecule has 2 heterocycles. The van der Waals surface area contributed by atoms with Crippen LogP contribution in [0.4, 0.5) is 20.2 Å². The molecule has 1 amide bonds. The highest BCUT2D eigenvalue weighted by Crippen LogP contribution is 2.42. The number of benzene rings is 2. The van der Waals surface area contributed by atoms with Crippen LogP contribution in [-0.4, -0.2) is 26.7 Å². The summed E-state index contributed by atoms with van der Waals surface area (Å²) in [6.07, 6.45) is 2.80. The Balaban J connectivity index is 1.95. The smallest absolute Gasteiger partial charge is 0.300 e. The summed E-state index contributed by atoms with van der Waals surface area (Å²) >= 11 is 0. The Hall–Kier alpha value is -4.47. The molecule has 1 fully saturated rings. The van der Waals surface area contributed by atoms with E-state index in [4.69, 9.17) is 0 Å². The number of nitrogens with zero attached hydrogens (tertiary/aromatic N) is 3. The van der Waals surface area contributed by atoms with Gasteiger partial charge in [0.15, 0.2) is 11.6 Å². The van der Waals surface area contributed by atoms with Gasteiger partial charge in [0.05, 0.1) is 16.5 Å². The van der Waals surface area contributed by atoms with Crippen molar-refractivity contribution in [1.82, 2.24) is 4.98 Å². The summed E-state index contributed by atoms with van der Waals surface area (Å²) in [4.78, 5) is 41.1. The van der Waals surface area contributed by atoms with E-state index in [0.29, 0.717) is 5.56 Å². The fourth-order valence-corrected chi connectivity index (χ4v) is 3.51. The van der Waals surface area contributed by atoms with E-state index >= 15 is 0 Å². The summed E-state index contributed by atoms with van der Waals surface area (Å²) in [5, 5.41) is 22.0. The number of hydrogen-bond donors (Lipinski definition) is 1. The lowest BCUT2D eigenvalue weighted by atomic mass is 9.96. The number of carbonyl (C=O) groups excluding carboxylic acids is 2. The molecule has 1 saturated heterocycles. The van der Waals surface area contributed by atoms with Gasteiger partial charge < -0.3 is 5.11 Å². The molecule has 3 aromatic rings. The van der Waals surface area contributed by atoms with Crippen molar-refractivity contribution in [3.05, 3.63) is 105 Å². The molecule has 1 aliphatic rings. The van der Waals surface area contributed by atoms with Gasteiger partial charge >= 0.3 is 0 Å². The lowest BCUT2D eigenvalue weighted by molar-refractivity contribution is -0.384. The predicted octanol–water partition coefficient (Wildman–Crippen LogP) is 3.89. The number of nitro groups is 1. The second-order valence-electron chi connectivity index (χ2n) is 6.86. The molecule has 0 aliphatic carbocycles. The summed E-state index contributed by atoms with van der Waals surface area (Å²) in [7, 11) is 0. The zero-order chi connectivity index (χ0) is 23.0. The number of aliphatic hydroxyl groups is 1. The summed E-state index contributed by atoms with van der Waals surface area (Å²) in [5.74, 6) is -5.19. The molecule has 0 bridgehead atoms. The number of amides is 1. The highest BCUT2D eigenvalue weighted by Gasteiger charge is 2.47. The Morgan fingerprint density at radius 2 is 1.84 bits per heavy atom. The number of non-ortho nitro benzene ring substituents is 1. The number of halogens is 2. The number of aromatic nitrogens is 1. The van der Waals surface area contributed by atoms with E-state index in [1.54, 1.807) is 0 Å². The maximum atomic E-state index is 13.9. The maximum absolute atomic E-state index is 13.9. The third-order valence-corrected chi connectivity index (χ3v) is 4.96. The topological polar surface area (TPSA) is 114 Å². The van der Waals surface area contributed by atoms with Crippen LogP contribution in [0, 0.1) is 21.7 Å². The van der Waals surface area contributed by atoms with Gasteiger partial charge in [0.25, 0.3) is 17.4 Å². The van der Waals surface area contributed by atoms with Crippen molar-refractivity contribution in [2.45, 2.75) is 6.04 Å². The molecule has 2 aromatic carbocycles. The fourth-order valence-electron chi connectivity index (χ4n) is 3.51. The van der Waals surface area contributed by atoms with E-state index in [-0.39, 0.29) is 22.5 Å². The lowest BCUT2D eigenvalue weighted by Gasteiger charge is -2.25. The van der Waals surface area contributed by atoms with Gasteiger partial charge in [-0.1, -0.05) is 18.2 Å². The maximum Gasteiger partial charge on any atom is 0.300 e. The number of ketones is 1. The quantitative estimate of drug-likeness (QED) is 0.218. The number of aliphatic hydroxyl groups excluding tert-OH is 1. The number of nitro benzene ring substituents is 1. The lowest BCUT2D eigenvalue weighted by Crippen LogP contribution is -2.29. The normalized spacial score (nSPS) is 17.6. The number of anilines is 1. The fraction of sp³-hybridized carbons (Fsp3) is 0.0455. The van der Waals surface area contributed by atoms with Gasteiger partial charge in [-0.05, 0) is 23.8 Å². The van der Waals surface area contributed by atoms with Crippen LogP contribution in [0.1, 0.15) is 17.2 Å². The molecule has 10 heteroatoms. The molecule has 1 N–H and O–H groups in total. The Labute approximate surface area is 179 Å². The van der Waals surface area contributed by atoms with Crippen molar-refractivity contribution in [3.63, 3.8) is 0 Å². The highest BCUT2D eigenvalue weighted by molar-refractivity contribution is 6.51. The SMILES string of the molecule is O=C1C(=O)N(c2ccc(F)c(F)c2)C(c2cccnc2)/C1=C(\O)c1cccc([N+](=O)[O-])c1. The molecule has 0 radical (unpaired) electrons. The number of carbonyl (C=O) groups is 2. The van der Waals surface area contributed by atoms with Gasteiger partial charge in [-0.25, -0.2) is 8.78 Å². The van der Waals surface area contributed by atoms with E-state index < -0.39 is 40.0 Å². The van der Waals surface area contributed by atoms with E-state index in [0.717, 1.165) is 29.2 Å². The van der Waals surface area contributed by atoms with Crippen LogP contribution in [-0.2, 0) is 9.59 Å². The van der Waals surface area contributed by atoms with Crippen LogP contribution in [0.3, 0.4) is 0 Å². The van der Waals surface area contributed by atoms with Crippen molar-refractivity contribution in [2.75, 3.05) is 4.90 Å². The van der Waals surface area contributed by atoms with E-state index in [2.05, 4.69) is 4.98 Å². The van der Waals surface area contributed by atoms with Crippen molar-refractivity contribution in [3.8, 4) is 0 Å². The summed E-state index contributed by atoms with van der Waals surface area (Å²) in [5.41, 5.74) is -0.562. The summed E-state index contributed by atoms with van der Waals surface area (Å²) in [6.45, 7) is 0. The third-order valence-electron chi connectivity index (χ3n) is 4.96. The van der Waals surface area contributed by atoms with Crippen LogP contribution in [0.25, 0.3) is 5.76 Å². The van der Waals surface area contributed by atoms with Gasteiger partial charge in [-0.15, -0.1) is 0 Å². The monoisotopic (exact) mass is 437 g/mol. The first-order valence-electron chi connectivity index (χ1n) is 9.20. The van der Waals surface area contributed by atoms with Crippen LogP contribution in [0.5, 0.6) is 0 Å². The molecular weight excluding hydrogens is 424 g/mol. The first kappa shape index (κ1) is 20.8. The van der Waals surface area contributed by atoms with Gasteiger partial charge in [-0.3, -0.25) is 29.6 Å². The van der Waals surface area contributed by atoms with Gasteiger partial charge in [0.2, 0.25) is 0 Å². The van der Waals surface area contributed by atoms with E-state index in [1.807, 2.05) is 0 Å². The van der Waals surface area contributed by atoms with Crippen molar-refractivity contribution in [1.29, 1.82) is 0 Å². The first-order chi connectivity index (χ1) is 15.3. The van der Waals surface area contributed by atoms with Gasteiger partial charge in [0, 0.05) is 41.8 Å². The molecule has 4 rings (SSSR count). The first-order valence-corrected chi connectivity index (χ1v) is 9.20. The molecule has 1 atom stereocenters. The average molecular weight is 437 g/mol. The molecular formula is C22H13F2N3O5. The Bertz CT molecular complexity index is 1290. The molecule has 1 aliphatic heterocycles. The van der Waals surface area contributed by atoms with Crippen molar-refractivity contribution in [2.24, 2.45) is 0 Å². The average Bonchev–Trinajstić information content (AvgIpc) is 3.06. The van der Waals surface area contributed by atoms with Crippen molar-refractivity contribution >= 4 is 28.8 Å². The highest BCUT2D eigenvalue weighted by atomic mass is 19.2. The van der Waals surface area contributed by atoms with Crippen molar-refractivity contribution < 1.29 is 28.4 Å². The summed E-state index contributed by atoms with van der Waals surface area (Å²) in [6, 6.07) is 9.46. The van der Waals surface area contributed by atoms with Crippen LogP contribution < -0.4 is 4.90 Å². The molecule has 0 spiro atoms. The molecule has 1 unspecified atom stereocenters. The third kappa shape index (κ3) is 3.47. The number of Topliss-reactive ketones (excluding diaryl/α,β-unsaturated/α-hetero) is 1. The van der Waals surface area contributed by atoms with Gasteiger partial charge in [-0.2, -0.15) is 0 Å². The molecule has 160 valence electrons. The molecule has 1 aromatic heterocycles. The zero-order valence-electron chi connectivity index (χ0n) is 16.1. The summed E-state index contributed by atoms with van der Waals surface area (Å²) < 4.78 is 27.3. The Morgan fingerprint density at radius 3 is 2.50 bits per heavy atom. The number of hydrogen-bond acceptors (Lipinski definition) is 6. The minimum atomic E-state index is -1.23. The number of pyridine rings is 1. The Kier molecular flexibility index (Phi) is 5.19. The largest absolute Gasteiger partial charge is 0.507 e. The number of rotatable bonds is 4. The van der Waals surface area contributed by atoms with Crippen LogP contribution >= 0.6 is 0 Å². The van der Waals surface area contributed by atoms with Crippen LogP contribution in [0.2, 0.25) is 0 Å². The molecule has 8 nitrogen and oxygen atoms in total. The predicted molar refractivity (Wildman–Crippen MR) is 108 cm³/mol. The van der Waals surface area contributed by atoms with E-state index in [9.17, 15) is 33.6 Å². The Morgan fingerprint density at radius 1 is 1.06 bits per heavy atom. The standard InChI is InChI=1S/C22H13F2N3O5/c23-16-7-6-14(10-17(16)24)26-19(13-4-2-8-25-11-13)18(21(29)22(26)30)20(28)12-3-1-5-15(9-12)27(31)32/h1-11,19,28H/b20-18+. The minimum Gasteiger partial charge on any atom is -0.507 e. The van der Waals surface area contributed by atoms with Crippen LogP contribution in [0.15, 0.2) is 72.6 Å². The van der Waals surface area contributed by atoms with E-state index in [1.165, 1.54) is 42.7 Å².